The molecular formula is C36H54N6O10. The molecule has 3 atom stereocenters. The lowest BCUT2D eigenvalue weighted by molar-refractivity contribution is -0.154. The third-order valence-electron chi connectivity index (χ3n) is 8.41. The van der Waals surface area contributed by atoms with Crippen molar-refractivity contribution in [3.63, 3.8) is 0 Å². The zero-order chi connectivity index (χ0) is 39.2. The van der Waals surface area contributed by atoms with Gasteiger partial charge in [0.1, 0.15) is 18.7 Å². The number of nitrogens with two attached hydrogens (primary N) is 1. The van der Waals surface area contributed by atoms with Crippen LogP contribution in [0.1, 0.15) is 98.5 Å². The highest BCUT2D eigenvalue weighted by atomic mass is 16.5. The average molecular weight is 731 g/mol. The second-order valence-corrected chi connectivity index (χ2v) is 15.0. The number of hydrogen-bond donors (Lipinski definition) is 6. The van der Waals surface area contributed by atoms with Gasteiger partial charge in [-0.15, -0.1) is 0 Å². The van der Waals surface area contributed by atoms with Crippen molar-refractivity contribution in [3.8, 4) is 0 Å². The van der Waals surface area contributed by atoms with Crippen LogP contribution < -0.4 is 27.0 Å². The minimum atomic E-state index is -1.49. The predicted octanol–water partition coefficient (Wildman–Crippen LogP) is 2.59. The number of rotatable bonds is 19. The number of hydrogen-bond acceptors (Lipinski definition) is 9. The summed E-state index contributed by atoms with van der Waals surface area (Å²) in [5.74, 6) is -4.61. The molecule has 1 aliphatic heterocycles. The number of carboxylic acid groups (broad SMARTS) is 1. The van der Waals surface area contributed by atoms with Crippen molar-refractivity contribution < 1.29 is 48.2 Å². The molecule has 0 saturated carbocycles. The number of nitrogens with one attached hydrogen (secondary N) is 4. The van der Waals surface area contributed by atoms with Crippen LogP contribution in [0.25, 0.3) is 0 Å². The highest BCUT2D eigenvalue weighted by Crippen LogP contribution is 2.35. The Kier molecular flexibility index (Phi) is 16.2. The number of benzene rings is 1. The normalized spacial score (nSPS) is 15.7. The van der Waals surface area contributed by atoms with Gasteiger partial charge in [0.15, 0.2) is 0 Å². The Labute approximate surface area is 304 Å². The summed E-state index contributed by atoms with van der Waals surface area (Å²) in [5, 5.41) is 19.5. The average Bonchev–Trinajstić information content (AvgIpc) is 3.33. The number of urea groups is 1. The van der Waals surface area contributed by atoms with E-state index in [2.05, 4.69) is 21.3 Å². The second-order valence-electron chi connectivity index (χ2n) is 15.0. The summed E-state index contributed by atoms with van der Waals surface area (Å²) in [6.45, 7) is 11.3. The molecule has 1 aromatic rings. The number of aliphatic carboxylic acids is 1. The molecule has 7 amide bonds. The molecule has 1 heterocycles. The first kappa shape index (κ1) is 43.1. The minimum absolute atomic E-state index is 0.0327. The lowest BCUT2D eigenvalue weighted by atomic mass is 9.80. The number of amides is 7. The molecule has 1 aromatic carbocycles. The molecule has 1 aliphatic rings. The number of carbonyl (C=O) groups excluding carboxylic acids is 7. The van der Waals surface area contributed by atoms with Crippen molar-refractivity contribution in [2.24, 2.45) is 22.5 Å². The van der Waals surface area contributed by atoms with Gasteiger partial charge in [-0.25, -0.2) is 4.79 Å². The van der Waals surface area contributed by atoms with Crippen LogP contribution in [0.5, 0.6) is 0 Å². The fourth-order valence-electron chi connectivity index (χ4n) is 5.32. The van der Waals surface area contributed by atoms with Crippen molar-refractivity contribution in [2.75, 3.05) is 18.4 Å². The molecule has 288 valence electrons. The Morgan fingerprint density at radius 1 is 0.904 bits per heavy atom. The molecule has 0 aromatic heterocycles. The maximum atomic E-state index is 13.3. The number of unbranched alkanes of at least 4 members (excludes halogenated alkanes) is 2. The molecule has 0 aliphatic carbocycles. The molecule has 16 nitrogen and oxygen atoms in total. The van der Waals surface area contributed by atoms with E-state index in [1.165, 1.54) is 4.90 Å². The molecule has 52 heavy (non-hydrogen) atoms. The fourth-order valence-corrected chi connectivity index (χ4v) is 5.32. The predicted molar refractivity (Wildman–Crippen MR) is 190 cm³/mol. The number of esters is 1. The number of primary amides is 1. The van der Waals surface area contributed by atoms with Gasteiger partial charge >= 0.3 is 18.0 Å². The van der Waals surface area contributed by atoms with Crippen LogP contribution in [0, 0.1) is 16.7 Å². The van der Waals surface area contributed by atoms with E-state index in [0.29, 0.717) is 30.5 Å². The summed E-state index contributed by atoms with van der Waals surface area (Å²) in [5.41, 5.74) is 5.17. The smallest absolute Gasteiger partial charge is 0.312 e. The molecule has 1 saturated heterocycles. The van der Waals surface area contributed by atoms with Crippen molar-refractivity contribution in [2.45, 2.75) is 112 Å². The van der Waals surface area contributed by atoms with Crippen LogP contribution in [-0.2, 0) is 44.9 Å². The zero-order valence-electron chi connectivity index (χ0n) is 31.0. The van der Waals surface area contributed by atoms with Gasteiger partial charge in [-0.05, 0) is 69.6 Å². The largest absolute Gasteiger partial charge is 0.481 e. The van der Waals surface area contributed by atoms with E-state index >= 15 is 0 Å². The summed E-state index contributed by atoms with van der Waals surface area (Å²) in [6, 6.07) is 3.04. The van der Waals surface area contributed by atoms with E-state index < -0.39 is 53.6 Å². The highest BCUT2D eigenvalue weighted by molar-refractivity contribution is 6.04. The molecule has 0 spiro atoms. The van der Waals surface area contributed by atoms with Gasteiger partial charge in [0.25, 0.3) is 0 Å². The van der Waals surface area contributed by atoms with E-state index in [-0.39, 0.29) is 74.5 Å². The first-order valence-electron chi connectivity index (χ1n) is 17.4. The Balaban J connectivity index is 1.98. The monoisotopic (exact) mass is 730 g/mol. The number of anilines is 1. The molecular weight excluding hydrogens is 676 g/mol. The Bertz CT molecular complexity index is 1460. The third-order valence-corrected chi connectivity index (χ3v) is 8.41. The van der Waals surface area contributed by atoms with Crippen LogP contribution in [0.4, 0.5) is 10.5 Å². The maximum absolute atomic E-state index is 13.3. The van der Waals surface area contributed by atoms with Crippen LogP contribution in [0.2, 0.25) is 0 Å². The van der Waals surface area contributed by atoms with Gasteiger partial charge < -0.3 is 36.8 Å². The van der Waals surface area contributed by atoms with Crippen LogP contribution in [0.3, 0.4) is 0 Å². The van der Waals surface area contributed by atoms with E-state index in [0.717, 1.165) is 0 Å². The number of carboxylic acids is 1. The van der Waals surface area contributed by atoms with Gasteiger partial charge in [-0.1, -0.05) is 39.3 Å². The Hall–Kier alpha value is -5.02. The first-order chi connectivity index (χ1) is 24.2. The van der Waals surface area contributed by atoms with Crippen molar-refractivity contribution in [1.82, 2.24) is 20.9 Å². The van der Waals surface area contributed by atoms with Crippen LogP contribution >= 0.6 is 0 Å². The molecule has 2 rings (SSSR count). The lowest BCUT2D eigenvalue weighted by Crippen LogP contribution is -2.53. The molecule has 1 unspecified atom stereocenters. The zero-order valence-corrected chi connectivity index (χ0v) is 31.0. The molecule has 0 bridgehead atoms. The minimum Gasteiger partial charge on any atom is -0.481 e. The number of ether oxygens (including phenoxy) is 1. The molecule has 0 radical (unpaired) electrons. The summed E-state index contributed by atoms with van der Waals surface area (Å²) >= 11 is 0. The second kappa shape index (κ2) is 19.6. The molecule has 1 fully saturated rings. The van der Waals surface area contributed by atoms with Crippen molar-refractivity contribution in [1.29, 1.82) is 0 Å². The van der Waals surface area contributed by atoms with E-state index in [9.17, 15) is 43.5 Å². The summed E-state index contributed by atoms with van der Waals surface area (Å²) < 4.78 is 5.31. The van der Waals surface area contributed by atoms with E-state index in [1.807, 2.05) is 20.8 Å². The number of imide groups is 1. The van der Waals surface area contributed by atoms with Crippen LogP contribution in [-0.4, -0.2) is 82.7 Å². The van der Waals surface area contributed by atoms with Gasteiger partial charge in [0, 0.05) is 31.6 Å². The standard InChI is InChI=1S/C36H54N6O10/c1-35(2,3)24-19-28(44)42(32(24)49)18-9-7-8-12-27(43)40-26(20-29(45)46)31(48)41-25(11-10-17-38-34(37)51)30(47)39-23-15-13-22(14-16-23)21-52-33(50)36(4,5)6/h13-16,24-26H,7-12,17-21H2,1-6H3,(H,39,47)(H,40,43)(H,41,48)(H,45,46)(H3,37,38,51)/t24?,25-,26-/m0/s1. The number of likely N-dealkylation sites (tertiary alicyclic amines) is 1. The van der Waals surface area contributed by atoms with Gasteiger partial charge in [0.05, 0.1) is 17.8 Å². The summed E-state index contributed by atoms with van der Waals surface area (Å²) in [7, 11) is 0. The maximum Gasteiger partial charge on any atom is 0.312 e. The van der Waals surface area contributed by atoms with Gasteiger partial charge in [0.2, 0.25) is 29.5 Å². The van der Waals surface area contributed by atoms with Gasteiger partial charge in [-0.2, -0.15) is 0 Å². The quantitative estimate of drug-likeness (QED) is 0.0690. The summed E-state index contributed by atoms with van der Waals surface area (Å²) in [4.78, 5) is 100. The Morgan fingerprint density at radius 3 is 2.12 bits per heavy atom. The molecule has 16 heteroatoms. The van der Waals surface area contributed by atoms with Crippen LogP contribution in [0.15, 0.2) is 24.3 Å². The number of nitrogens with zero attached hydrogens (tertiary/aromatic N) is 1. The van der Waals surface area contributed by atoms with E-state index in [1.54, 1.807) is 45.0 Å². The number of carbonyl (C=O) groups is 8. The lowest BCUT2D eigenvalue weighted by Gasteiger charge is -2.24. The van der Waals surface area contributed by atoms with Gasteiger partial charge in [-0.3, -0.25) is 38.5 Å². The topological polar surface area (TPSA) is 243 Å². The van der Waals surface area contributed by atoms with E-state index in [4.69, 9.17) is 10.5 Å². The summed E-state index contributed by atoms with van der Waals surface area (Å²) in [6.07, 6.45) is 0.998. The third kappa shape index (κ3) is 14.7. The fraction of sp³-hybridized carbons (Fsp3) is 0.611. The van der Waals surface area contributed by atoms with Crippen molar-refractivity contribution >= 4 is 53.2 Å². The SMILES string of the molecule is CC(C)(C)C(=O)OCc1ccc(NC(=O)[C@H](CCCNC(N)=O)NC(=O)[C@H](CC(=O)O)NC(=O)CCCCCN2C(=O)CC(C(C)(C)C)C2=O)cc1. The Morgan fingerprint density at radius 2 is 1.56 bits per heavy atom. The first-order valence-corrected chi connectivity index (χ1v) is 17.4. The highest BCUT2D eigenvalue weighted by Gasteiger charge is 2.44. The van der Waals surface area contributed by atoms with Crippen molar-refractivity contribution in [3.05, 3.63) is 29.8 Å². The molecule has 7 N–H and O–H groups in total.